The van der Waals surface area contributed by atoms with Gasteiger partial charge in [-0.25, -0.2) is 4.39 Å². The molecule has 0 aliphatic heterocycles. The van der Waals surface area contributed by atoms with Crippen molar-refractivity contribution in [3.8, 4) is 11.4 Å². The van der Waals surface area contributed by atoms with E-state index >= 15 is 0 Å². The summed E-state index contributed by atoms with van der Waals surface area (Å²) in [4.78, 5) is 0. The molecule has 0 saturated heterocycles. The highest BCUT2D eigenvalue weighted by atomic mass is 19.1. The van der Waals surface area contributed by atoms with Gasteiger partial charge in [-0.1, -0.05) is 13.8 Å². The number of hydrogen-bond donors (Lipinski definition) is 2. The number of aryl methyl sites for hydroxylation is 1. The second kappa shape index (κ2) is 6.68. The average Bonchev–Trinajstić information content (AvgIpc) is 2.91. The zero-order valence-electron chi connectivity index (χ0n) is 16.0. The molecule has 1 fully saturated rings. The van der Waals surface area contributed by atoms with Crippen molar-refractivity contribution in [3.63, 3.8) is 0 Å². The standard InChI is InChI=1S/C23H26FNO2/c1-13(2)23-22(16-9-15(10-16)12-26)19-11-18(27)5-7-21(19)25(23)17-4-6-20(24)14(3)8-17/h4-8,11,13,15-16,26-27H,9-10,12H2,1-3H3/t15-,16+. The van der Waals surface area contributed by atoms with Gasteiger partial charge < -0.3 is 14.8 Å². The molecule has 2 aromatic carbocycles. The van der Waals surface area contributed by atoms with Gasteiger partial charge in [0.2, 0.25) is 0 Å². The van der Waals surface area contributed by atoms with Crippen LogP contribution in [0.25, 0.3) is 16.6 Å². The first-order valence-corrected chi connectivity index (χ1v) is 9.65. The molecule has 2 N–H and O–H groups in total. The topological polar surface area (TPSA) is 45.4 Å². The summed E-state index contributed by atoms with van der Waals surface area (Å²) in [6, 6.07) is 10.7. The van der Waals surface area contributed by atoms with E-state index in [2.05, 4.69) is 18.4 Å². The minimum absolute atomic E-state index is 0.205. The lowest BCUT2D eigenvalue weighted by Gasteiger charge is -2.35. The number of aliphatic hydroxyl groups is 1. The van der Waals surface area contributed by atoms with Crippen molar-refractivity contribution in [2.45, 2.75) is 45.4 Å². The highest BCUT2D eigenvalue weighted by molar-refractivity contribution is 5.89. The first kappa shape index (κ1) is 18.1. The molecule has 0 amide bonds. The highest BCUT2D eigenvalue weighted by Gasteiger charge is 2.35. The number of aromatic nitrogens is 1. The summed E-state index contributed by atoms with van der Waals surface area (Å²) in [7, 11) is 0. The van der Waals surface area contributed by atoms with Crippen LogP contribution < -0.4 is 0 Å². The third kappa shape index (κ3) is 2.92. The molecular weight excluding hydrogens is 341 g/mol. The Balaban J connectivity index is 2.00. The Morgan fingerprint density at radius 1 is 1.15 bits per heavy atom. The van der Waals surface area contributed by atoms with Gasteiger partial charge in [-0.2, -0.15) is 0 Å². The number of benzene rings is 2. The Hall–Kier alpha value is -2.33. The normalized spacial score (nSPS) is 19.6. The molecule has 142 valence electrons. The first-order valence-electron chi connectivity index (χ1n) is 9.65. The van der Waals surface area contributed by atoms with Crippen molar-refractivity contribution >= 4 is 10.9 Å². The fourth-order valence-electron chi connectivity index (χ4n) is 4.49. The minimum Gasteiger partial charge on any atom is -0.508 e. The molecule has 4 rings (SSSR count). The van der Waals surface area contributed by atoms with E-state index in [0.29, 0.717) is 17.4 Å². The van der Waals surface area contributed by atoms with Crippen LogP contribution in [0.2, 0.25) is 0 Å². The lowest BCUT2D eigenvalue weighted by Crippen LogP contribution is -2.25. The van der Waals surface area contributed by atoms with Gasteiger partial charge in [0.15, 0.2) is 0 Å². The van der Waals surface area contributed by atoms with Crippen molar-refractivity contribution in [2.24, 2.45) is 5.92 Å². The highest BCUT2D eigenvalue weighted by Crippen LogP contribution is 2.48. The van der Waals surface area contributed by atoms with Crippen LogP contribution in [0.4, 0.5) is 4.39 Å². The summed E-state index contributed by atoms with van der Waals surface area (Å²) in [5.41, 5.74) is 5.07. The van der Waals surface area contributed by atoms with Crippen molar-refractivity contribution < 1.29 is 14.6 Å². The Morgan fingerprint density at radius 3 is 2.52 bits per heavy atom. The summed E-state index contributed by atoms with van der Waals surface area (Å²) in [6.45, 7) is 6.36. The number of phenols is 1. The molecular formula is C23H26FNO2. The Bertz CT molecular complexity index is 999. The van der Waals surface area contributed by atoms with Gasteiger partial charge in [-0.3, -0.25) is 0 Å². The smallest absolute Gasteiger partial charge is 0.126 e. The number of fused-ring (bicyclic) bond motifs is 1. The molecule has 3 aromatic rings. The van der Waals surface area contributed by atoms with E-state index < -0.39 is 0 Å². The van der Waals surface area contributed by atoms with Gasteiger partial charge in [0.1, 0.15) is 11.6 Å². The summed E-state index contributed by atoms with van der Waals surface area (Å²) in [6.07, 6.45) is 1.93. The maximum absolute atomic E-state index is 13.9. The molecule has 1 aliphatic carbocycles. The van der Waals surface area contributed by atoms with E-state index in [1.54, 1.807) is 13.0 Å². The predicted molar refractivity (Wildman–Crippen MR) is 106 cm³/mol. The van der Waals surface area contributed by atoms with Gasteiger partial charge in [0.25, 0.3) is 0 Å². The number of phenolic OH excluding ortho intramolecular Hbond substituents is 1. The number of aromatic hydroxyl groups is 1. The minimum atomic E-state index is -0.205. The van der Waals surface area contributed by atoms with E-state index in [9.17, 15) is 14.6 Å². The quantitative estimate of drug-likeness (QED) is 0.649. The van der Waals surface area contributed by atoms with E-state index in [0.717, 1.165) is 29.4 Å². The summed E-state index contributed by atoms with van der Waals surface area (Å²) in [5.74, 6) is 1.06. The van der Waals surface area contributed by atoms with Gasteiger partial charge in [0, 0.05) is 23.4 Å². The molecule has 1 aromatic heterocycles. The molecule has 0 unspecified atom stereocenters. The fraction of sp³-hybridized carbons (Fsp3) is 0.391. The van der Waals surface area contributed by atoms with Crippen molar-refractivity contribution in [3.05, 3.63) is 59.0 Å². The maximum Gasteiger partial charge on any atom is 0.126 e. The third-order valence-corrected chi connectivity index (χ3v) is 5.88. The lowest BCUT2D eigenvalue weighted by molar-refractivity contribution is 0.142. The van der Waals surface area contributed by atoms with Gasteiger partial charge >= 0.3 is 0 Å². The molecule has 4 heteroatoms. The van der Waals surface area contributed by atoms with Crippen molar-refractivity contribution in [2.75, 3.05) is 6.61 Å². The van der Waals surface area contributed by atoms with Gasteiger partial charge in [0.05, 0.1) is 5.52 Å². The van der Waals surface area contributed by atoms with Crippen LogP contribution in [0.5, 0.6) is 5.75 Å². The van der Waals surface area contributed by atoms with Crippen LogP contribution in [-0.2, 0) is 0 Å². The van der Waals surface area contributed by atoms with Crippen LogP contribution >= 0.6 is 0 Å². The zero-order chi connectivity index (χ0) is 19.3. The largest absolute Gasteiger partial charge is 0.508 e. The molecule has 1 heterocycles. The molecule has 1 saturated carbocycles. The fourth-order valence-corrected chi connectivity index (χ4v) is 4.49. The van der Waals surface area contributed by atoms with Crippen LogP contribution in [0.3, 0.4) is 0 Å². The molecule has 27 heavy (non-hydrogen) atoms. The Labute approximate surface area is 159 Å². The molecule has 1 aliphatic rings. The monoisotopic (exact) mass is 367 g/mol. The van der Waals surface area contributed by atoms with Crippen molar-refractivity contribution in [1.82, 2.24) is 4.57 Å². The zero-order valence-corrected chi connectivity index (χ0v) is 16.0. The second-order valence-corrected chi connectivity index (χ2v) is 8.14. The van der Waals surface area contributed by atoms with E-state index in [1.807, 2.05) is 24.3 Å². The SMILES string of the molecule is Cc1cc(-n2c(C(C)C)c([C@H]3C[C@@H](CO)C3)c3cc(O)ccc32)ccc1F. The number of rotatable bonds is 4. The second-order valence-electron chi connectivity index (χ2n) is 8.14. The predicted octanol–water partition coefficient (Wildman–Crippen LogP) is 5.39. The summed E-state index contributed by atoms with van der Waals surface area (Å²) < 4.78 is 16.1. The van der Waals surface area contributed by atoms with E-state index in [1.165, 1.54) is 17.3 Å². The number of halogens is 1. The van der Waals surface area contributed by atoms with Crippen LogP contribution in [-0.4, -0.2) is 21.4 Å². The van der Waals surface area contributed by atoms with Crippen molar-refractivity contribution in [1.29, 1.82) is 0 Å². The third-order valence-electron chi connectivity index (χ3n) is 5.88. The summed E-state index contributed by atoms with van der Waals surface area (Å²) in [5, 5.41) is 20.6. The number of hydrogen-bond acceptors (Lipinski definition) is 2. The molecule has 0 atom stereocenters. The summed E-state index contributed by atoms with van der Waals surface area (Å²) >= 11 is 0. The first-order chi connectivity index (χ1) is 12.9. The number of nitrogens with zero attached hydrogens (tertiary/aromatic N) is 1. The Kier molecular flexibility index (Phi) is 4.47. The van der Waals surface area contributed by atoms with E-state index in [4.69, 9.17) is 0 Å². The molecule has 0 bridgehead atoms. The average molecular weight is 367 g/mol. The van der Waals surface area contributed by atoms with Crippen LogP contribution in [0, 0.1) is 18.7 Å². The Morgan fingerprint density at radius 2 is 1.89 bits per heavy atom. The lowest BCUT2D eigenvalue weighted by atomic mass is 9.70. The van der Waals surface area contributed by atoms with Gasteiger partial charge in [-0.15, -0.1) is 0 Å². The molecule has 0 spiro atoms. The number of aliphatic hydroxyl groups excluding tert-OH is 1. The van der Waals surface area contributed by atoms with Gasteiger partial charge in [-0.05, 0) is 85.0 Å². The maximum atomic E-state index is 13.9. The van der Waals surface area contributed by atoms with Crippen LogP contribution in [0.1, 0.15) is 55.3 Å². The van der Waals surface area contributed by atoms with E-state index in [-0.39, 0.29) is 24.1 Å². The molecule has 3 nitrogen and oxygen atoms in total. The molecule has 0 radical (unpaired) electrons. The van der Waals surface area contributed by atoms with Crippen LogP contribution in [0.15, 0.2) is 36.4 Å².